The summed E-state index contributed by atoms with van der Waals surface area (Å²) in [7, 11) is 3.29. The molecule has 1 atom stereocenters. The first-order valence-electron chi connectivity index (χ1n) is 8.15. The van der Waals surface area contributed by atoms with Gasteiger partial charge in [-0.05, 0) is 73.7 Å². The molecule has 6 heteroatoms. The van der Waals surface area contributed by atoms with E-state index in [9.17, 15) is 4.79 Å². The molecule has 1 fully saturated rings. The zero-order chi connectivity index (χ0) is 17.9. The number of nitrogens with zero attached hydrogens (tertiary/aromatic N) is 1. The lowest BCUT2D eigenvalue weighted by molar-refractivity contribution is 0.0226. The van der Waals surface area contributed by atoms with Crippen molar-refractivity contribution < 1.29 is 19.0 Å². The minimum Gasteiger partial charge on any atom is -0.496 e. The molecule has 0 spiro atoms. The molecule has 0 aromatic heterocycles. The molecule has 24 heavy (non-hydrogen) atoms. The second kappa shape index (κ2) is 7.64. The number of hydrogen-bond acceptors (Lipinski definition) is 4. The summed E-state index contributed by atoms with van der Waals surface area (Å²) in [4.78, 5) is 14.3. The SMILES string of the molecule is COc1cc(C[C@H]2CCCN2C(=O)OC(C)(C)C)c(OC)cc1Br. The van der Waals surface area contributed by atoms with Crippen molar-refractivity contribution in [3.05, 3.63) is 22.2 Å². The van der Waals surface area contributed by atoms with Crippen molar-refractivity contribution in [3.8, 4) is 11.5 Å². The van der Waals surface area contributed by atoms with Crippen LogP contribution in [-0.4, -0.2) is 43.4 Å². The van der Waals surface area contributed by atoms with E-state index in [-0.39, 0.29) is 12.1 Å². The Labute approximate surface area is 152 Å². The number of carbonyl (C=O) groups excluding carboxylic acids is 1. The summed E-state index contributed by atoms with van der Waals surface area (Å²) in [6.45, 7) is 6.39. The number of rotatable bonds is 4. The smallest absolute Gasteiger partial charge is 0.410 e. The van der Waals surface area contributed by atoms with Gasteiger partial charge < -0.3 is 19.1 Å². The molecule has 0 radical (unpaired) electrons. The standard InChI is InChI=1S/C18H26BrNO4/c1-18(2,3)24-17(21)20-8-6-7-13(20)9-12-10-16(23-5)14(19)11-15(12)22-4/h10-11,13H,6-9H2,1-5H3/t13-/m1/s1. The Kier molecular flexibility index (Phi) is 6.01. The minimum absolute atomic E-state index is 0.111. The summed E-state index contributed by atoms with van der Waals surface area (Å²) >= 11 is 3.47. The Hall–Kier alpha value is -1.43. The predicted octanol–water partition coefficient (Wildman–Crippen LogP) is 4.41. The van der Waals surface area contributed by atoms with Crippen LogP contribution in [0.2, 0.25) is 0 Å². The lowest BCUT2D eigenvalue weighted by Crippen LogP contribution is -2.40. The molecule has 0 N–H and O–H groups in total. The molecule has 1 amide bonds. The second-order valence-corrected chi connectivity index (χ2v) is 7.83. The molecule has 0 saturated carbocycles. The van der Waals surface area contributed by atoms with Crippen LogP contribution in [0.5, 0.6) is 11.5 Å². The summed E-state index contributed by atoms with van der Waals surface area (Å²) < 4.78 is 17.3. The van der Waals surface area contributed by atoms with E-state index >= 15 is 0 Å². The zero-order valence-electron chi connectivity index (χ0n) is 15.0. The average Bonchev–Trinajstić information content (AvgIpc) is 2.95. The van der Waals surface area contributed by atoms with Crippen LogP contribution in [-0.2, 0) is 11.2 Å². The molecular weight excluding hydrogens is 374 g/mol. The number of halogens is 1. The van der Waals surface area contributed by atoms with Gasteiger partial charge in [-0.25, -0.2) is 4.79 Å². The third kappa shape index (κ3) is 4.56. The third-order valence-corrected chi connectivity index (χ3v) is 4.64. The van der Waals surface area contributed by atoms with E-state index in [1.807, 2.05) is 37.8 Å². The monoisotopic (exact) mass is 399 g/mol. The Morgan fingerprint density at radius 3 is 2.50 bits per heavy atom. The van der Waals surface area contributed by atoms with Crippen molar-refractivity contribution in [2.75, 3.05) is 20.8 Å². The van der Waals surface area contributed by atoms with E-state index in [1.54, 1.807) is 14.2 Å². The van der Waals surface area contributed by atoms with Gasteiger partial charge in [0.1, 0.15) is 17.1 Å². The van der Waals surface area contributed by atoms with Gasteiger partial charge in [-0.1, -0.05) is 0 Å². The van der Waals surface area contributed by atoms with E-state index in [2.05, 4.69) is 15.9 Å². The number of amides is 1. The maximum absolute atomic E-state index is 12.4. The highest BCUT2D eigenvalue weighted by atomic mass is 79.9. The fourth-order valence-electron chi connectivity index (χ4n) is 2.95. The number of methoxy groups -OCH3 is 2. The number of hydrogen-bond donors (Lipinski definition) is 0. The zero-order valence-corrected chi connectivity index (χ0v) is 16.6. The topological polar surface area (TPSA) is 48.0 Å². The van der Waals surface area contributed by atoms with E-state index in [1.165, 1.54) is 0 Å². The Balaban J connectivity index is 2.18. The van der Waals surface area contributed by atoms with Gasteiger partial charge in [0.15, 0.2) is 0 Å². The van der Waals surface area contributed by atoms with Gasteiger partial charge in [0.05, 0.1) is 18.7 Å². The van der Waals surface area contributed by atoms with Crippen LogP contribution >= 0.6 is 15.9 Å². The van der Waals surface area contributed by atoms with Crippen molar-refractivity contribution in [1.29, 1.82) is 0 Å². The largest absolute Gasteiger partial charge is 0.496 e. The van der Waals surface area contributed by atoms with Gasteiger partial charge in [-0.3, -0.25) is 0 Å². The highest BCUT2D eigenvalue weighted by Crippen LogP contribution is 2.35. The molecule has 2 rings (SSSR count). The van der Waals surface area contributed by atoms with Crippen molar-refractivity contribution in [3.63, 3.8) is 0 Å². The molecule has 1 saturated heterocycles. The van der Waals surface area contributed by atoms with Crippen molar-refractivity contribution >= 4 is 22.0 Å². The highest BCUT2D eigenvalue weighted by molar-refractivity contribution is 9.10. The van der Waals surface area contributed by atoms with E-state index < -0.39 is 5.60 Å². The Bertz CT molecular complexity index is 597. The lowest BCUT2D eigenvalue weighted by Gasteiger charge is -2.29. The number of carbonyl (C=O) groups is 1. The van der Waals surface area contributed by atoms with Gasteiger partial charge in [-0.15, -0.1) is 0 Å². The van der Waals surface area contributed by atoms with Crippen molar-refractivity contribution in [2.24, 2.45) is 0 Å². The first kappa shape index (κ1) is 18.9. The number of benzene rings is 1. The Morgan fingerprint density at radius 2 is 1.92 bits per heavy atom. The first-order chi connectivity index (χ1) is 11.2. The molecule has 5 nitrogen and oxygen atoms in total. The highest BCUT2D eigenvalue weighted by Gasteiger charge is 2.32. The summed E-state index contributed by atoms with van der Waals surface area (Å²) in [5, 5.41) is 0. The van der Waals surface area contributed by atoms with Gasteiger partial charge in [-0.2, -0.15) is 0 Å². The lowest BCUT2D eigenvalue weighted by atomic mass is 10.0. The molecule has 0 bridgehead atoms. The summed E-state index contributed by atoms with van der Waals surface area (Å²) in [6.07, 6.45) is 2.42. The van der Waals surface area contributed by atoms with Crippen LogP contribution in [0.15, 0.2) is 16.6 Å². The molecule has 1 aliphatic rings. The van der Waals surface area contributed by atoms with E-state index in [4.69, 9.17) is 14.2 Å². The molecule has 1 aromatic rings. The van der Waals surface area contributed by atoms with Crippen LogP contribution in [0, 0.1) is 0 Å². The number of ether oxygens (including phenoxy) is 3. The molecule has 0 aliphatic carbocycles. The van der Waals surface area contributed by atoms with Crippen molar-refractivity contribution in [1.82, 2.24) is 4.90 Å². The van der Waals surface area contributed by atoms with Crippen LogP contribution in [0.1, 0.15) is 39.2 Å². The van der Waals surface area contributed by atoms with Gasteiger partial charge >= 0.3 is 6.09 Å². The van der Waals surface area contributed by atoms with Gasteiger partial charge in [0, 0.05) is 12.6 Å². The number of likely N-dealkylation sites (tertiary alicyclic amines) is 1. The van der Waals surface area contributed by atoms with E-state index in [0.29, 0.717) is 6.42 Å². The summed E-state index contributed by atoms with van der Waals surface area (Å²) in [6, 6.07) is 3.98. The van der Waals surface area contributed by atoms with Gasteiger partial charge in [0.2, 0.25) is 0 Å². The fourth-order valence-corrected chi connectivity index (χ4v) is 3.43. The summed E-state index contributed by atoms with van der Waals surface area (Å²) in [5.41, 5.74) is 0.543. The summed E-state index contributed by atoms with van der Waals surface area (Å²) in [5.74, 6) is 1.55. The predicted molar refractivity (Wildman–Crippen MR) is 96.9 cm³/mol. The van der Waals surface area contributed by atoms with Gasteiger partial charge in [0.25, 0.3) is 0 Å². The second-order valence-electron chi connectivity index (χ2n) is 6.97. The maximum atomic E-state index is 12.4. The van der Waals surface area contributed by atoms with Crippen LogP contribution in [0.25, 0.3) is 0 Å². The third-order valence-electron chi connectivity index (χ3n) is 4.02. The fraction of sp³-hybridized carbons (Fsp3) is 0.611. The van der Waals surface area contributed by atoms with Crippen LogP contribution in [0.4, 0.5) is 4.79 Å². The maximum Gasteiger partial charge on any atom is 0.410 e. The minimum atomic E-state index is -0.483. The molecule has 1 aromatic carbocycles. The average molecular weight is 400 g/mol. The first-order valence-corrected chi connectivity index (χ1v) is 8.94. The quantitative estimate of drug-likeness (QED) is 0.752. The van der Waals surface area contributed by atoms with Crippen LogP contribution < -0.4 is 9.47 Å². The van der Waals surface area contributed by atoms with E-state index in [0.717, 1.165) is 40.9 Å². The molecular formula is C18H26BrNO4. The normalized spacial score (nSPS) is 17.8. The molecule has 1 aliphatic heterocycles. The van der Waals surface area contributed by atoms with Crippen LogP contribution in [0.3, 0.4) is 0 Å². The Morgan fingerprint density at radius 1 is 1.25 bits per heavy atom. The molecule has 1 heterocycles. The van der Waals surface area contributed by atoms with Crippen molar-refractivity contribution in [2.45, 2.75) is 51.7 Å². The molecule has 0 unspecified atom stereocenters. The molecule has 134 valence electrons.